The number of hydrogen-bond acceptors (Lipinski definition) is 6. The van der Waals surface area contributed by atoms with Gasteiger partial charge in [-0.05, 0) is 20.8 Å². The molecule has 3 heterocycles. The predicted octanol–water partition coefficient (Wildman–Crippen LogP) is 1.94. The fourth-order valence-corrected chi connectivity index (χ4v) is 2.91. The third-order valence-corrected chi connectivity index (χ3v) is 4.55. The Morgan fingerprint density at radius 2 is 1.08 bits per heavy atom. The zero-order valence-electron chi connectivity index (χ0n) is 15.1. The monoisotopic (exact) mass is 344 g/mol. The number of ether oxygens (including phenoxy) is 6. The summed E-state index contributed by atoms with van der Waals surface area (Å²) in [5, 5.41) is 0. The van der Waals surface area contributed by atoms with Gasteiger partial charge in [-0.2, -0.15) is 0 Å². The summed E-state index contributed by atoms with van der Waals surface area (Å²) in [5.41, 5.74) is 0. The van der Waals surface area contributed by atoms with Crippen molar-refractivity contribution in [1.82, 2.24) is 0 Å². The fraction of sp³-hybridized carbons (Fsp3) is 1.00. The van der Waals surface area contributed by atoms with Crippen LogP contribution in [-0.2, 0) is 28.4 Å². The Morgan fingerprint density at radius 3 is 1.46 bits per heavy atom. The van der Waals surface area contributed by atoms with Gasteiger partial charge in [0.05, 0.1) is 69.7 Å². The minimum absolute atomic E-state index is 0.0520. The van der Waals surface area contributed by atoms with Crippen LogP contribution in [0, 0.1) is 0 Å². The molecule has 0 bridgehead atoms. The molecule has 0 aromatic rings. The Hall–Kier alpha value is -0.240. The average molecular weight is 344 g/mol. The Kier molecular flexibility index (Phi) is 6.89. The van der Waals surface area contributed by atoms with Crippen molar-refractivity contribution in [2.45, 2.75) is 82.8 Å². The van der Waals surface area contributed by atoms with E-state index in [4.69, 9.17) is 28.4 Å². The summed E-state index contributed by atoms with van der Waals surface area (Å²) in [6.45, 7) is 9.99. The molecule has 0 aromatic carbocycles. The second kappa shape index (κ2) is 8.92. The standard InChI is InChI=1S/C18H32O6/c1-12(4-15-7-21-15)19-10-18(24-14(3)6-17-9-23-17)11-20-13(2)5-16-8-22-16/h12-18H,4-11H2,1-3H3. The normalized spacial score (nSPS) is 32.9. The fourth-order valence-electron chi connectivity index (χ4n) is 2.91. The molecular weight excluding hydrogens is 312 g/mol. The van der Waals surface area contributed by atoms with Gasteiger partial charge in [0.1, 0.15) is 6.10 Å². The average Bonchev–Trinajstić information content (AvgIpc) is 3.32. The molecule has 0 aliphatic carbocycles. The van der Waals surface area contributed by atoms with Crippen molar-refractivity contribution in [3.8, 4) is 0 Å². The van der Waals surface area contributed by atoms with Crippen LogP contribution in [0.25, 0.3) is 0 Å². The highest BCUT2D eigenvalue weighted by Gasteiger charge is 2.29. The van der Waals surface area contributed by atoms with Crippen LogP contribution in [0.15, 0.2) is 0 Å². The van der Waals surface area contributed by atoms with E-state index in [1.54, 1.807) is 0 Å². The first-order valence-electron chi connectivity index (χ1n) is 9.32. The smallest absolute Gasteiger partial charge is 0.104 e. The molecule has 24 heavy (non-hydrogen) atoms. The first-order chi connectivity index (χ1) is 11.6. The van der Waals surface area contributed by atoms with Gasteiger partial charge in [-0.3, -0.25) is 0 Å². The summed E-state index contributed by atoms with van der Waals surface area (Å²) >= 11 is 0. The van der Waals surface area contributed by atoms with Gasteiger partial charge in [-0.1, -0.05) is 0 Å². The molecule has 3 aliphatic rings. The summed E-state index contributed by atoms with van der Waals surface area (Å²) in [5.74, 6) is 0. The van der Waals surface area contributed by atoms with E-state index in [2.05, 4.69) is 20.8 Å². The lowest BCUT2D eigenvalue weighted by Gasteiger charge is -2.25. The summed E-state index contributed by atoms with van der Waals surface area (Å²) in [6.07, 6.45) is 4.46. The van der Waals surface area contributed by atoms with Crippen LogP contribution in [0.3, 0.4) is 0 Å². The van der Waals surface area contributed by atoms with E-state index in [1.807, 2.05) is 0 Å². The first-order valence-corrected chi connectivity index (χ1v) is 9.32. The van der Waals surface area contributed by atoms with E-state index >= 15 is 0 Å². The van der Waals surface area contributed by atoms with Crippen molar-refractivity contribution in [3.63, 3.8) is 0 Å². The van der Waals surface area contributed by atoms with E-state index in [0.29, 0.717) is 31.5 Å². The van der Waals surface area contributed by atoms with Crippen molar-refractivity contribution in [2.24, 2.45) is 0 Å². The molecule has 6 atom stereocenters. The molecule has 3 saturated heterocycles. The summed E-state index contributed by atoms with van der Waals surface area (Å²) < 4.78 is 33.9. The maximum Gasteiger partial charge on any atom is 0.104 e. The molecule has 3 aliphatic heterocycles. The maximum atomic E-state index is 6.15. The highest BCUT2D eigenvalue weighted by atomic mass is 16.6. The highest BCUT2D eigenvalue weighted by Crippen LogP contribution is 2.21. The molecule has 3 rings (SSSR count). The molecule has 0 saturated carbocycles. The zero-order chi connectivity index (χ0) is 16.9. The van der Waals surface area contributed by atoms with Crippen LogP contribution in [0.2, 0.25) is 0 Å². The molecule has 3 fully saturated rings. The van der Waals surface area contributed by atoms with Crippen LogP contribution in [0.4, 0.5) is 0 Å². The van der Waals surface area contributed by atoms with E-state index in [1.165, 1.54) is 0 Å². The van der Waals surface area contributed by atoms with Crippen LogP contribution in [0.5, 0.6) is 0 Å². The quantitative estimate of drug-likeness (QED) is 0.449. The lowest BCUT2D eigenvalue weighted by atomic mass is 10.2. The zero-order valence-corrected chi connectivity index (χ0v) is 15.1. The molecular formula is C18H32O6. The molecule has 0 N–H and O–H groups in total. The Labute approximate surface area is 145 Å². The van der Waals surface area contributed by atoms with E-state index in [9.17, 15) is 0 Å². The van der Waals surface area contributed by atoms with Gasteiger partial charge in [-0.25, -0.2) is 0 Å². The van der Waals surface area contributed by atoms with Crippen molar-refractivity contribution >= 4 is 0 Å². The minimum Gasteiger partial charge on any atom is -0.376 e. The van der Waals surface area contributed by atoms with Gasteiger partial charge >= 0.3 is 0 Å². The second-order valence-corrected chi connectivity index (χ2v) is 7.43. The topological polar surface area (TPSA) is 65.3 Å². The van der Waals surface area contributed by atoms with Crippen molar-refractivity contribution in [1.29, 1.82) is 0 Å². The van der Waals surface area contributed by atoms with Gasteiger partial charge < -0.3 is 28.4 Å². The van der Waals surface area contributed by atoms with Crippen molar-refractivity contribution in [2.75, 3.05) is 33.0 Å². The molecule has 0 amide bonds. The van der Waals surface area contributed by atoms with Crippen LogP contribution >= 0.6 is 0 Å². The third-order valence-electron chi connectivity index (χ3n) is 4.55. The summed E-state index contributed by atoms with van der Waals surface area (Å²) in [4.78, 5) is 0. The van der Waals surface area contributed by atoms with E-state index in [0.717, 1.165) is 39.1 Å². The van der Waals surface area contributed by atoms with E-state index < -0.39 is 0 Å². The van der Waals surface area contributed by atoms with Gasteiger partial charge in [0, 0.05) is 19.3 Å². The number of hydrogen-bond donors (Lipinski definition) is 0. The molecule has 0 aromatic heterocycles. The minimum atomic E-state index is -0.0520. The maximum absolute atomic E-state index is 6.15. The summed E-state index contributed by atoms with van der Waals surface area (Å²) in [7, 11) is 0. The largest absolute Gasteiger partial charge is 0.376 e. The van der Waals surface area contributed by atoms with Crippen LogP contribution in [-0.4, -0.2) is 75.8 Å². The lowest BCUT2D eigenvalue weighted by molar-refractivity contribution is -0.111. The molecule has 140 valence electrons. The van der Waals surface area contributed by atoms with Crippen LogP contribution in [0.1, 0.15) is 40.0 Å². The van der Waals surface area contributed by atoms with Gasteiger partial charge in [0.2, 0.25) is 0 Å². The van der Waals surface area contributed by atoms with Crippen molar-refractivity contribution in [3.05, 3.63) is 0 Å². The molecule has 0 spiro atoms. The lowest BCUT2D eigenvalue weighted by Crippen LogP contribution is -2.33. The van der Waals surface area contributed by atoms with Gasteiger partial charge in [0.15, 0.2) is 0 Å². The van der Waals surface area contributed by atoms with Crippen molar-refractivity contribution < 1.29 is 28.4 Å². The Morgan fingerprint density at radius 1 is 0.708 bits per heavy atom. The first kappa shape index (κ1) is 18.5. The molecule has 0 radical (unpaired) electrons. The van der Waals surface area contributed by atoms with Gasteiger partial charge in [0.25, 0.3) is 0 Å². The Bertz CT molecular complexity index is 343. The van der Waals surface area contributed by atoms with Crippen LogP contribution < -0.4 is 0 Å². The SMILES string of the molecule is CC(CC1CO1)OCC(COC(C)CC1CO1)OC(C)CC1CO1. The Balaban J connectivity index is 1.37. The highest BCUT2D eigenvalue weighted by molar-refractivity contribution is 4.76. The van der Waals surface area contributed by atoms with Gasteiger partial charge in [-0.15, -0.1) is 0 Å². The third kappa shape index (κ3) is 7.76. The number of epoxide rings is 3. The molecule has 6 heteroatoms. The predicted molar refractivity (Wildman–Crippen MR) is 88.2 cm³/mol. The molecule has 6 unspecified atom stereocenters. The number of rotatable bonds is 14. The second-order valence-electron chi connectivity index (χ2n) is 7.43. The molecule has 6 nitrogen and oxygen atoms in total. The summed E-state index contributed by atoms with van der Waals surface area (Å²) in [6, 6.07) is 0. The van der Waals surface area contributed by atoms with E-state index in [-0.39, 0.29) is 24.4 Å².